The predicted octanol–water partition coefficient (Wildman–Crippen LogP) is 2.86. The van der Waals surface area contributed by atoms with Crippen molar-refractivity contribution in [2.75, 3.05) is 32.1 Å². The van der Waals surface area contributed by atoms with Crippen molar-refractivity contribution in [2.24, 2.45) is 0 Å². The number of aromatic nitrogens is 2. The fourth-order valence-electron chi connectivity index (χ4n) is 3.22. The molecule has 0 aliphatic carbocycles. The minimum absolute atomic E-state index is 0.134. The minimum Gasteiger partial charge on any atom is -0.481 e. The summed E-state index contributed by atoms with van der Waals surface area (Å²) in [4.78, 5) is 12.5. The van der Waals surface area contributed by atoms with Gasteiger partial charge in [-0.2, -0.15) is 0 Å². The second-order valence-electron chi connectivity index (χ2n) is 6.26. The van der Waals surface area contributed by atoms with Crippen LogP contribution in [0.25, 0.3) is 0 Å². The first-order valence-electron chi connectivity index (χ1n) is 8.32. The molecule has 25 heavy (non-hydrogen) atoms. The van der Waals surface area contributed by atoms with Gasteiger partial charge in [0.1, 0.15) is 23.8 Å². The molecule has 2 aromatic rings. The van der Waals surface area contributed by atoms with Crippen LogP contribution in [0, 0.1) is 11.6 Å². The van der Waals surface area contributed by atoms with Crippen molar-refractivity contribution >= 4 is 5.82 Å². The number of halogens is 2. The van der Waals surface area contributed by atoms with E-state index in [0.29, 0.717) is 5.88 Å². The first-order valence-corrected chi connectivity index (χ1v) is 8.32. The Morgan fingerprint density at radius 2 is 2.04 bits per heavy atom. The molecular formula is C18H22F2N4O. The lowest BCUT2D eigenvalue weighted by Crippen LogP contribution is -2.46. The third-order valence-electron chi connectivity index (χ3n) is 4.67. The number of ether oxygens (including phenoxy) is 1. The van der Waals surface area contributed by atoms with Crippen LogP contribution in [-0.2, 0) is 6.54 Å². The third-order valence-corrected chi connectivity index (χ3v) is 4.67. The number of likely N-dealkylation sites (tertiary alicyclic amines) is 1. The van der Waals surface area contributed by atoms with Crippen LogP contribution in [-0.4, -0.2) is 48.2 Å². The second kappa shape index (κ2) is 7.74. The molecule has 0 bridgehead atoms. The number of methoxy groups -OCH3 is 1. The van der Waals surface area contributed by atoms with E-state index in [1.165, 1.54) is 24.5 Å². The number of hydrogen-bond acceptors (Lipinski definition) is 5. The maximum absolute atomic E-state index is 13.9. The van der Waals surface area contributed by atoms with Crippen molar-refractivity contribution in [3.05, 3.63) is 47.8 Å². The van der Waals surface area contributed by atoms with Gasteiger partial charge in [0, 0.05) is 37.8 Å². The van der Waals surface area contributed by atoms with Crippen LogP contribution >= 0.6 is 0 Å². The summed E-state index contributed by atoms with van der Waals surface area (Å²) in [6, 6.07) is 6.00. The highest BCUT2D eigenvalue weighted by Gasteiger charge is 2.25. The summed E-state index contributed by atoms with van der Waals surface area (Å²) < 4.78 is 33.0. The smallest absolute Gasteiger partial charge is 0.218 e. The van der Waals surface area contributed by atoms with Gasteiger partial charge < -0.3 is 9.64 Å². The molecule has 2 heterocycles. The fraction of sp³-hybridized carbons (Fsp3) is 0.444. The van der Waals surface area contributed by atoms with Crippen molar-refractivity contribution in [2.45, 2.75) is 25.4 Å². The first kappa shape index (κ1) is 17.5. The maximum atomic E-state index is 13.9. The van der Waals surface area contributed by atoms with E-state index in [4.69, 9.17) is 4.74 Å². The Morgan fingerprint density at radius 1 is 1.28 bits per heavy atom. The van der Waals surface area contributed by atoms with Gasteiger partial charge in [-0.1, -0.05) is 6.07 Å². The average Bonchev–Trinajstić information content (AvgIpc) is 2.64. The lowest BCUT2D eigenvalue weighted by Gasteiger charge is -2.38. The zero-order valence-electron chi connectivity index (χ0n) is 14.5. The summed E-state index contributed by atoms with van der Waals surface area (Å²) >= 11 is 0. The van der Waals surface area contributed by atoms with Crippen molar-refractivity contribution in [1.82, 2.24) is 14.9 Å². The average molecular weight is 348 g/mol. The molecule has 1 aromatic carbocycles. The van der Waals surface area contributed by atoms with Crippen molar-refractivity contribution in [1.29, 1.82) is 0 Å². The van der Waals surface area contributed by atoms with Gasteiger partial charge in [-0.05, 0) is 31.5 Å². The number of rotatable bonds is 5. The van der Waals surface area contributed by atoms with Crippen LogP contribution in [0.2, 0.25) is 0 Å². The molecule has 0 amide bonds. The molecule has 1 fully saturated rings. The molecule has 0 N–H and O–H groups in total. The Balaban J connectivity index is 1.70. The molecule has 1 saturated heterocycles. The summed E-state index contributed by atoms with van der Waals surface area (Å²) in [5.74, 6) is 0.306. The normalized spacial score (nSPS) is 18.2. The fourth-order valence-corrected chi connectivity index (χ4v) is 3.22. The van der Waals surface area contributed by atoms with E-state index < -0.39 is 11.6 Å². The molecule has 0 radical (unpaired) electrons. The molecule has 7 heteroatoms. The van der Waals surface area contributed by atoms with Gasteiger partial charge >= 0.3 is 0 Å². The predicted molar refractivity (Wildman–Crippen MR) is 91.6 cm³/mol. The van der Waals surface area contributed by atoms with Crippen molar-refractivity contribution < 1.29 is 13.5 Å². The van der Waals surface area contributed by atoms with E-state index >= 15 is 0 Å². The molecule has 3 rings (SSSR count). The van der Waals surface area contributed by atoms with Crippen LogP contribution in [0.1, 0.15) is 18.4 Å². The number of piperidine rings is 1. The highest BCUT2D eigenvalue weighted by Crippen LogP contribution is 2.23. The Morgan fingerprint density at radius 3 is 2.76 bits per heavy atom. The molecule has 1 aliphatic heterocycles. The lowest BCUT2D eigenvalue weighted by molar-refractivity contribution is 0.194. The monoisotopic (exact) mass is 348 g/mol. The number of benzene rings is 1. The summed E-state index contributed by atoms with van der Waals surface area (Å²) in [6.45, 7) is 1.82. The molecule has 5 nitrogen and oxygen atoms in total. The van der Waals surface area contributed by atoms with Gasteiger partial charge in [0.05, 0.1) is 7.11 Å². The zero-order chi connectivity index (χ0) is 17.8. The zero-order valence-corrected chi connectivity index (χ0v) is 14.5. The molecule has 1 atom stereocenters. The number of hydrogen-bond donors (Lipinski definition) is 0. The van der Waals surface area contributed by atoms with Crippen molar-refractivity contribution in [3.63, 3.8) is 0 Å². The van der Waals surface area contributed by atoms with Crippen LogP contribution in [0.15, 0.2) is 30.6 Å². The first-order chi connectivity index (χ1) is 12.1. The standard InChI is InChI=1S/C18H22F2N4O/c1-23(17-9-18(25-2)22-12-21-17)13-5-4-8-24(10-13)11-14-15(19)6-3-7-16(14)20/h3,6-7,9,12-13H,4-5,8,10-11H2,1-2H3. The van der Waals surface area contributed by atoms with E-state index in [0.717, 1.165) is 31.7 Å². The van der Waals surface area contributed by atoms with Gasteiger partial charge in [0.2, 0.25) is 5.88 Å². The second-order valence-corrected chi connectivity index (χ2v) is 6.26. The van der Waals surface area contributed by atoms with Crippen molar-refractivity contribution in [3.8, 4) is 5.88 Å². The number of nitrogens with zero attached hydrogens (tertiary/aromatic N) is 4. The molecule has 1 aliphatic rings. The molecule has 0 saturated carbocycles. The molecular weight excluding hydrogens is 326 g/mol. The quantitative estimate of drug-likeness (QED) is 0.831. The largest absolute Gasteiger partial charge is 0.481 e. The van der Waals surface area contributed by atoms with Gasteiger partial charge in [0.25, 0.3) is 0 Å². The Bertz CT molecular complexity index is 708. The maximum Gasteiger partial charge on any atom is 0.218 e. The van der Waals surface area contributed by atoms with Gasteiger partial charge in [-0.3, -0.25) is 4.90 Å². The highest BCUT2D eigenvalue weighted by atomic mass is 19.1. The van der Waals surface area contributed by atoms with Gasteiger partial charge in [-0.25, -0.2) is 18.7 Å². The van der Waals surface area contributed by atoms with Crippen LogP contribution < -0.4 is 9.64 Å². The topological polar surface area (TPSA) is 41.5 Å². The number of anilines is 1. The SMILES string of the molecule is COc1cc(N(C)C2CCCN(Cc3c(F)cccc3F)C2)ncn1. The summed E-state index contributed by atoms with van der Waals surface area (Å²) in [5, 5.41) is 0. The van der Waals surface area contributed by atoms with E-state index in [-0.39, 0.29) is 18.2 Å². The van der Waals surface area contributed by atoms with Crippen LogP contribution in [0.3, 0.4) is 0 Å². The Hall–Kier alpha value is -2.28. The molecule has 0 spiro atoms. The molecule has 1 aromatic heterocycles. The van der Waals surface area contributed by atoms with Gasteiger partial charge in [-0.15, -0.1) is 0 Å². The lowest BCUT2D eigenvalue weighted by atomic mass is 10.0. The van der Waals surface area contributed by atoms with Gasteiger partial charge in [0.15, 0.2) is 0 Å². The van der Waals surface area contributed by atoms with Crippen LogP contribution in [0.5, 0.6) is 5.88 Å². The molecule has 1 unspecified atom stereocenters. The summed E-state index contributed by atoms with van der Waals surface area (Å²) in [7, 11) is 3.54. The van der Waals surface area contributed by atoms with E-state index in [2.05, 4.69) is 19.8 Å². The molecule has 134 valence electrons. The number of likely N-dealkylation sites (N-methyl/N-ethyl adjacent to an activating group) is 1. The summed E-state index contributed by atoms with van der Waals surface area (Å²) in [6.07, 6.45) is 3.44. The minimum atomic E-state index is -0.490. The highest BCUT2D eigenvalue weighted by molar-refractivity contribution is 5.41. The van der Waals surface area contributed by atoms with E-state index in [1.54, 1.807) is 13.2 Å². The Kier molecular flexibility index (Phi) is 5.43. The Labute approximate surface area is 146 Å². The van der Waals surface area contributed by atoms with E-state index in [9.17, 15) is 8.78 Å². The third kappa shape index (κ3) is 4.04. The van der Waals surface area contributed by atoms with Crippen LogP contribution in [0.4, 0.5) is 14.6 Å². The van der Waals surface area contributed by atoms with E-state index in [1.807, 2.05) is 7.05 Å². The summed E-state index contributed by atoms with van der Waals surface area (Å²) in [5.41, 5.74) is 0.134.